The van der Waals surface area contributed by atoms with Crippen molar-refractivity contribution in [2.75, 3.05) is 24.2 Å². The van der Waals surface area contributed by atoms with Gasteiger partial charge in [0, 0.05) is 13.2 Å². The lowest BCUT2D eigenvalue weighted by Crippen LogP contribution is -2.14. The summed E-state index contributed by atoms with van der Waals surface area (Å²) in [6, 6.07) is 8.37. The summed E-state index contributed by atoms with van der Waals surface area (Å²) in [5.41, 5.74) is 1.33. The molecule has 2 aromatic rings. The van der Waals surface area contributed by atoms with Crippen LogP contribution in [0, 0.1) is 6.92 Å². The largest absolute Gasteiger partial charge is 0.495 e. The molecule has 7 heteroatoms. The Bertz CT molecular complexity index is 728. The van der Waals surface area contributed by atoms with Gasteiger partial charge in [-0.1, -0.05) is 6.07 Å². The first-order valence-electron chi connectivity index (χ1n) is 6.27. The van der Waals surface area contributed by atoms with E-state index in [-0.39, 0.29) is 4.90 Å². The van der Waals surface area contributed by atoms with Gasteiger partial charge in [-0.3, -0.25) is 4.72 Å². The molecule has 0 spiro atoms. The summed E-state index contributed by atoms with van der Waals surface area (Å²) < 4.78 is 32.4. The van der Waals surface area contributed by atoms with E-state index >= 15 is 0 Å². The fourth-order valence-corrected chi connectivity index (χ4v) is 2.80. The number of nitrogens with zero attached hydrogens (tertiary/aromatic N) is 1. The summed E-state index contributed by atoms with van der Waals surface area (Å²) in [5, 5.41) is 2.83. The molecule has 112 valence electrons. The highest BCUT2D eigenvalue weighted by molar-refractivity contribution is 7.92. The van der Waals surface area contributed by atoms with E-state index in [0.717, 1.165) is 5.56 Å². The summed E-state index contributed by atoms with van der Waals surface area (Å²) in [5.74, 6) is 1.06. The van der Waals surface area contributed by atoms with Crippen LogP contribution in [0.4, 0.5) is 11.5 Å². The SMILES string of the molecule is CNc1ccc(S(=O)(=O)Nc2cc(C)ccc2OC)cn1. The Kier molecular flexibility index (Phi) is 4.32. The van der Waals surface area contributed by atoms with E-state index in [9.17, 15) is 8.42 Å². The quantitative estimate of drug-likeness (QED) is 0.885. The molecular formula is C14H17N3O3S. The van der Waals surface area contributed by atoms with Gasteiger partial charge in [0.05, 0.1) is 12.8 Å². The summed E-state index contributed by atoms with van der Waals surface area (Å²) >= 11 is 0. The Morgan fingerprint density at radius 2 is 1.95 bits per heavy atom. The van der Waals surface area contributed by atoms with Crippen LogP contribution in [0.5, 0.6) is 5.75 Å². The molecule has 0 radical (unpaired) electrons. The van der Waals surface area contributed by atoms with E-state index in [1.807, 2.05) is 13.0 Å². The minimum absolute atomic E-state index is 0.0880. The highest BCUT2D eigenvalue weighted by Gasteiger charge is 2.17. The Morgan fingerprint density at radius 1 is 1.19 bits per heavy atom. The van der Waals surface area contributed by atoms with Gasteiger partial charge in [0.25, 0.3) is 10.0 Å². The zero-order valence-electron chi connectivity index (χ0n) is 12.0. The minimum Gasteiger partial charge on any atom is -0.495 e. The molecule has 0 saturated heterocycles. The van der Waals surface area contributed by atoms with E-state index in [2.05, 4.69) is 15.0 Å². The van der Waals surface area contributed by atoms with Gasteiger partial charge in [0.15, 0.2) is 0 Å². The van der Waals surface area contributed by atoms with Crippen LogP contribution in [0.25, 0.3) is 0 Å². The van der Waals surface area contributed by atoms with Crippen LogP contribution in [0.2, 0.25) is 0 Å². The molecule has 1 heterocycles. The zero-order valence-corrected chi connectivity index (χ0v) is 12.9. The predicted molar refractivity (Wildman–Crippen MR) is 82.3 cm³/mol. The molecule has 1 aromatic heterocycles. The van der Waals surface area contributed by atoms with Gasteiger partial charge in [-0.05, 0) is 36.8 Å². The first-order valence-corrected chi connectivity index (χ1v) is 7.76. The predicted octanol–water partition coefficient (Wildman–Crippen LogP) is 2.24. The molecule has 6 nitrogen and oxygen atoms in total. The molecule has 0 amide bonds. The van der Waals surface area contributed by atoms with Crippen LogP contribution < -0.4 is 14.8 Å². The lowest BCUT2D eigenvalue weighted by Gasteiger charge is -2.12. The molecule has 0 aliphatic rings. The summed E-state index contributed by atoms with van der Waals surface area (Å²) in [7, 11) is -0.501. The Labute approximate surface area is 124 Å². The van der Waals surface area contributed by atoms with Crippen molar-refractivity contribution < 1.29 is 13.2 Å². The van der Waals surface area contributed by atoms with Crippen molar-refractivity contribution in [3.63, 3.8) is 0 Å². The second-order valence-electron chi connectivity index (χ2n) is 4.44. The average Bonchev–Trinajstić information content (AvgIpc) is 2.47. The smallest absolute Gasteiger partial charge is 0.263 e. The summed E-state index contributed by atoms with van der Waals surface area (Å²) in [4.78, 5) is 4.09. The van der Waals surface area contributed by atoms with Gasteiger partial charge in [-0.15, -0.1) is 0 Å². The maximum atomic E-state index is 12.4. The standard InChI is InChI=1S/C14H17N3O3S/c1-10-4-6-13(20-3)12(8-10)17-21(18,19)11-5-7-14(15-2)16-9-11/h4-9,17H,1-3H3,(H,15,16). The van der Waals surface area contributed by atoms with Crippen LogP contribution in [0.15, 0.2) is 41.4 Å². The van der Waals surface area contributed by atoms with E-state index in [1.165, 1.54) is 19.4 Å². The third-order valence-electron chi connectivity index (χ3n) is 2.90. The molecule has 0 saturated carbocycles. The number of pyridine rings is 1. The third-order valence-corrected chi connectivity index (χ3v) is 4.25. The van der Waals surface area contributed by atoms with Crippen molar-refractivity contribution >= 4 is 21.5 Å². The normalized spacial score (nSPS) is 11.0. The third kappa shape index (κ3) is 3.43. The molecule has 1 aromatic carbocycles. The van der Waals surface area contributed by atoms with Crippen molar-refractivity contribution in [2.24, 2.45) is 0 Å². The molecule has 0 bridgehead atoms. The summed E-state index contributed by atoms with van der Waals surface area (Å²) in [6.45, 7) is 1.88. The highest BCUT2D eigenvalue weighted by atomic mass is 32.2. The van der Waals surface area contributed by atoms with Crippen LogP contribution in [-0.4, -0.2) is 27.6 Å². The Morgan fingerprint density at radius 3 is 2.52 bits per heavy atom. The van der Waals surface area contributed by atoms with Gasteiger partial charge in [-0.25, -0.2) is 13.4 Å². The van der Waals surface area contributed by atoms with Crippen molar-refractivity contribution in [2.45, 2.75) is 11.8 Å². The lowest BCUT2D eigenvalue weighted by atomic mass is 10.2. The Hall–Kier alpha value is -2.28. The lowest BCUT2D eigenvalue weighted by molar-refractivity contribution is 0.417. The van der Waals surface area contributed by atoms with Gasteiger partial charge in [-0.2, -0.15) is 0 Å². The number of hydrogen-bond acceptors (Lipinski definition) is 5. The number of ether oxygens (including phenoxy) is 1. The maximum absolute atomic E-state index is 12.4. The molecule has 2 N–H and O–H groups in total. The van der Waals surface area contributed by atoms with Crippen LogP contribution in [0.3, 0.4) is 0 Å². The van der Waals surface area contributed by atoms with E-state index in [4.69, 9.17) is 4.74 Å². The second kappa shape index (κ2) is 6.01. The number of hydrogen-bond donors (Lipinski definition) is 2. The minimum atomic E-state index is -3.71. The number of benzene rings is 1. The molecular weight excluding hydrogens is 290 g/mol. The molecule has 0 aliphatic carbocycles. The number of anilines is 2. The molecule has 0 aliphatic heterocycles. The van der Waals surface area contributed by atoms with Crippen LogP contribution in [0.1, 0.15) is 5.56 Å². The molecule has 0 unspecified atom stereocenters. The maximum Gasteiger partial charge on any atom is 0.263 e. The number of nitrogens with one attached hydrogen (secondary N) is 2. The van der Waals surface area contributed by atoms with Gasteiger partial charge >= 0.3 is 0 Å². The number of methoxy groups -OCH3 is 1. The van der Waals surface area contributed by atoms with Crippen molar-refractivity contribution in [1.29, 1.82) is 0 Å². The van der Waals surface area contributed by atoms with Gasteiger partial charge < -0.3 is 10.1 Å². The zero-order chi connectivity index (χ0) is 15.5. The van der Waals surface area contributed by atoms with Gasteiger partial charge in [0.1, 0.15) is 16.5 Å². The monoisotopic (exact) mass is 307 g/mol. The number of sulfonamides is 1. The van der Waals surface area contributed by atoms with E-state index < -0.39 is 10.0 Å². The molecule has 0 fully saturated rings. The topological polar surface area (TPSA) is 80.3 Å². The second-order valence-corrected chi connectivity index (χ2v) is 6.12. The van der Waals surface area contributed by atoms with E-state index in [0.29, 0.717) is 17.3 Å². The molecule has 2 rings (SSSR count). The summed E-state index contributed by atoms with van der Waals surface area (Å²) in [6.07, 6.45) is 1.30. The average molecular weight is 307 g/mol. The van der Waals surface area contributed by atoms with Gasteiger partial charge in [0.2, 0.25) is 0 Å². The fourth-order valence-electron chi connectivity index (χ4n) is 1.79. The first kappa shape index (κ1) is 15.1. The first-order chi connectivity index (χ1) is 9.96. The van der Waals surface area contributed by atoms with E-state index in [1.54, 1.807) is 25.2 Å². The van der Waals surface area contributed by atoms with Crippen molar-refractivity contribution in [3.8, 4) is 5.75 Å². The van der Waals surface area contributed by atoms with Crippen molar-refractivity contribution in [1.82, 2.24) is 4.98 Å². The number of aryl methyl sites for hydroxylation is 1. The van der Waals surface area contributed by atoms with Crippen LogP contribution in [-0.2, 0) is 10.0 Å². The fraction of sp³-hybridized carbons (Fsp3) is 0.214. The Balaban J connectivity index is 2.34. The number of rotatable bonds is 5. The highest BCUT2D eigenvalue weighted by Crippen LogP contribution is 2.27. The van der Waals surface area contributed by atoms with Crippen LogP contribution >= 0.6 is 0 Å². The molecule has 21 heavy (non-hydrogen) atoms. The molecule has 0 atom stereocenters. The number of aromatic nitrogens is 1. The van der Waals surface area contributed by atoms with Crippen molar-refractivity contribution in [3.05, 3.63) is 42.1 Å².